The molecule has 0 aliphatic rings. The zero-order chi connectivity index (χ0) is 25.9. The first-order chi connectivity index (χ1) is 17.4. The van der Waals surface area contributed by atoms with Crippen LogP contribution in [0.15, 0.2) is 66.9 Å². The number of nitrogens with zero attached hydrogens (tertiary/aromatic N) is 2. The fourth-order valence-electron chi connectivity index (χ4n) is 3.79. The Morgan fingerprint density at radius 3 is 2.28 bits per heavy atom. The van der Waals surface area contributed by atoms with Crippen molar-refractivity contribution >= 4 is 34.3 Å². The van der Waals surface area contributed by atoms with E-state index in [9.17, 15) is 14.4 Å². The van der Waals surface area contributed by atoms with Crippen LogP contribution in [0, 0.1) is 0 Å². The van der Waals surface area contributed by atoms with Gasteiger partial charge in [0.2, 0.25) is 17.7 Å². The van der Waals surface area contributed by atoms with E-state index >= 15 is 0 Å². The highest BCUT2D eigenvalue weighted by Crippen LogP contribution is 2.16. The number of carbonyl (C=O) groups is 3. The summed E-state index contributed by atoms with van der Waals surface area (Å²) in [6.45, 7) is 1.19. The lowest BCUT2D eigenvalue weighted by molar-refractivity contribution is -0.134. The number of carbonyl (C=O) groups excluding carboxylic acids is 3. The lowest BCUT2D eigenvalue weighted by atomic mass is 10.0. The summed E-state index contributed by atoms with van der Waals surface area (Å²) in [7, 11) is 0. The van der Waals surface area contributed by atoms with Crippen LogP contribution in [0.3, 0.4) is 0 Å². The standard InChI is InChI=1S/C26H33N7O3/c27-10-12-33(13-11-28)24(34)16-21(29)25(35)32-23(14-18-6-2-1-3-7-18)26(36)31-20-15-19-8-4-5-9-22(19)30-17-20/h1-9,15,17,21,23H,10-14,16,27-29H2,(H,31,36)(H,32,35)/t21-,23-/m0/s1. The summed E-state index contributed by atoms with van der Waals surface area (Å²) in [6.07, 6.45) is 1.59. The van der Waals surface area contributed by atoms with Gasteiger partial charge in [0.05, 0.1) is 29.9 Å². The van der Waals surface area contributed by atoms with Crippen LogP contribution in [0.5, 0.6) is 0 Å². The molecule has 0 aliphatic carbocycles. The van der Waals surface area contributed by atoms with Crippen molar-refractivity contribution in [1.82, 2.24) is 15.2 Å². The van der Waals surface area contributed by atoms with E-state index in [0.717, 1.165) is 16.5 Å². The van der Waals surface area contributed by atoms with Crippen LogP contribution < -0.4 is 27.8 Å². The van der Waals surface area contributed by atoms with E-state index in [1.54, 1.807) is 6.20 Å². The Labute approximate surface area is 210 Å². The molecule has 3 aromatic rings. The molecule has 3 rings (SSSR count). The maximum absolute atomic E-state index is 13.2. The summed E-state index contributed by atoms with van der Waals surface area (Å²) < 4.78 is 0. The van der Waals surface area contributed by atoms with Gasteiger partial charge in [-0.25, -0.2) is 0 Å². The third-order valence-electron chi connectivity index (χ3n) is 5.66. The fourth-order valence-corrected chi connectivity index (χ4v) is 3.79. The molecule has 10 heteroatoms. The second kappa shape index (κ2) is 13.3. The minimum absolute atomic E-state index is 0.222. The Balaban J connectivity index is 1.71. The Hall–Kier alpha value is -3.86. The number of pyridine rings is 1. The molecule has 0 aliphatic heterocycles. The molecule has 8 N–H and O–H groups in total. The Morgan fingerprint density at radius 2 is 1.58 bits per heavy atom. The van der Waals surface area contributed by atoms with Crippen LogP contribution in [0.2, 0.25) is 0 Å². The number of nitrogens with two attached hydrogens (primary N) is 3. The van der Waals surface area contributed by atoms with Gasteiger partial charge in [0, 0.05) is 38.0 Å². The summed E-state index contributed by atoms with van der Waals surface area (Å²) in [5, 5.41) is 6.42. The first-order valence-electron chi connectivity index (χ1n) is 11.8. The predicted molar refractivity (Wildman–Crippen MR) is 140 cm³/mol. The number of benzene rings is 2. The third-order valence-corrected chi connectivity index (χ3v) is 5.66. The van der Waals surface area contributed by atoms with Crippen molar-refractivity contribution in [3.63, 3.8) is 0 Å². The zero-order valence-electron chi connectivity index (χ0n) is 20.1. The van der Waals surface area contributed by atoms with E-state index in [2.05, 4.69) is 15.6 Å². The summed E-state index contributed by atoms with van der Waals surface area (Å²) >= 11 is 0. The van der Waals surface area contributed by atoms with E-state index in [1.807, 2.05) is 60.7 Å². The second-order valence-corrected chi connectivity index (χ2v) is 8.43. The number of rotatable bonds is 12. The molecular weight excluding hydrogens is 458 g/mol. The molecule has 3 amide bonds. The predicted octanol–water partition coefficient (Wildman–Crippen LogP) is 0.364. The summed E-state index contributed by atoms with van der Waals surface area (Å²) in [6, 6.07) is 16.6. The molecule has 190 valence electrons. The van der Waals surface area contributed by atoms with Crippen LogP contribution in [0.4, 0.5) is 5.69 Å². The SMILES string of the molecule is NCCN(CCN)C(=O)C[C@H](N)C(=O)N[C@@H](Cc1ccccc1)C(=O)Nc1cnc2ccccc2c1. The van der Waals surface area contributed by atoms with Gasteiger partial charge in [-0.2, -0.15) is 0 Å². The number of anilines is 1. The van der Waals surface area contributed by atoms with Crippen LogP contribution in [-0.2, 0) is 20.8 Å². The number of hydrogen-bond acceptors (Lipinski definition) is 7. The minimum atomic E-state index is -1.14. The highest BCUT2D eigenvalue weighted by Gasteiger charge is 2.27. The fraction of sp³-hybridized carbons (Fsp3) is 0.308. The molecular formula is C26H33N7O3. The van der Waals surface area contributed by atoms with Gasteiger partial charge in [-0.3, -0.25) is 19.4 Å². The summed E-state index contributed by atoms with van der Waals surface area (Å²) in [5.74, 6) is -1.34. The van der Waals surface area contributed by atoms with Crippen molar-refractivity contribution in [2.24, 2.45) is 17.2 Å². The molecule has 0 spiro atoms. The number of hydrogen-bond donors (Lipinski definition) is 5. The smallest absolute Gasteiger partial charge is 0.247 e. The Kier molecular flexibility index (Phi) is 9.87. The van der Waals surface area contributed by atoms with Gasteiger partial charge in [0.1, 0.15) is 6.04 Å². The van der Waals surface area contributed by atoms with Crippen LogP contribution >= 0.6 is 0 Å². The third kappa shape index (κ3) is 7.57. The van der Waals surface area contributed by atoms with Gasteiger partial charge in [-0.15, -0.1) is 0 Å². The van der Waals surface area contributed by atoms with E-state index in [-0.39, 0.29) is 31.8 Å². The van der Waals surface area contributed by atoms with Crippen molar-refractivity contribution in [2.45, 2.75) is 24.9 Å². The summed E-state index contributed by atoms with van der Waals surface area (Å²) in [5.41, 5.74) is 19.3. The molecule has 1 heterocycles. The van der Waals surface area contributed by atoms with Gasteiger partial charge >= 0.3 is 0 Å². The van der Waals surface area contributed by atoms with Gasteiger partial charge in [0.25, 0.3) is 0 Å². The molecule has 1 aromatic heterocycles. The molecule has 0 saturated heterocycles. The van der Waals surface area contributed by atoms with Crippen molar-refractivity contribution in [3.05, 3.63) is 72.4 Å². The molecule has 2 aromatic carbocycles. The first-order valence-corrected chi connectivity index (χ1v) is 11.8. The van der Waals surface area contributed by atoms with Gasteiger partial charge < -0.3 is 32.7 Å². The van der Waals surface area contributed by atoms with Crippen LogP contribution in [-0.4, -0.2) is 65.9 Å². The van der Waals surface area contributed by atoms with Crippen molar-refractivity contribution < 1.29 is 14.4 Å². The molecule has 0 fully saturated rings. The highest BCUT2D eigenvalue weighted by atomic mass is 16.2. The highest BCUT2D eigenvalue weighted by molar-refractivity contribution is 5.99. The first kappa shape index (κ1) is 26.7. The second-order valence-electron chi connectivity index (χ2n) is 8.43. The average molecular weight is 492 g/mol. The average Bonchev–Trinajstić information content (AvgIpc) is 2.88. The van der Waals surface area contributed by atoms with Crippen molar-refractivity contribution in [1.29, 1.82) is 0 Å². The quantitative estimate of drug-likeness (QED) is 0.244. The minimum Gasteiger partial charge on any atom is -0.343 e. The Bertz CT molecular complexity index is 1170. The molecule has 2 atom stereocenters. The van der Waals surface area contributed by atoms with Gasteiger partial charge in [-0.05, 0) is 17.7 Å². The number of para-hydroxylation sites is 1. The molecule has 36 heavy (non-hydrogen) atoms. The monoisotopic (exact) mass is 491 g/mol. The lowest BCUT2D eigenvalue weighted by Gasteiger charge is -2.24. The number of aromatic nitrogens is 1. The molecule has 0 saturated carbocycles. The molecule has 0 radical (unpaired) electrons. The van der Waals surface area contributed by atoms with Crippen LogP contribution in [0.25, 0.3) is 10.9 Å². The van der Waals surface area contributed by atoms with Gasteiger partial charge in [0.15, 0.2) is 0 Å². The van der Waals surface area contributed by atoms with Gasteiger partial charge in [-0.1, -0.05) is 48.5 Å². The number of nitrogens with one attached hydrogen (secondary N) is 2. The normalized spacial score (nSPS) is 12.5. The van der Waals surface area contributed by atoms with Crippen LogP contribution in [0.1, 0.15) is 12.0 Å². The summed E-state index contributed by atoms with van der Waals surface area (Å²) in [4.78, 5) is 44.5. The zero-order valence-corrected chi connectivity index (χ0v) is 20.1. The van der Waals surface area contributed by atoms with Crippen molar-refractivity contribution in [3.8, 4) is 0 Å². The molecule has 10 nitrogen and oxygen atoms in total. The maximum atomic E-state index is 13.2. The molecule has 0 unspecified atom stereocenters. The lowest BCUT2D eigenvalue weighted by Crippen LogP contribution is -2.52. The maximum Gasteiger partial charge on any atom is 0.247 e. The van der Waals surface area contributed by atoms with E-state index in [4.69, 9.17) is 17.2 Å². The number of amides is 3. The van der Waals surface area contributed by atoms with E-state index in [1.165, 1.54) is 4.90 Å². The van der Waals surface area contributed by atoms with Crippen molar-refractivity contribution in [2.75, 3.05) is 31.5 Å². The largest absolute Gasteiger partial charge is 0.343 e. The number of fused-ring (bicyclic) bond motifs is 1. The van der Waals surface area contributed by atoms with E-state index in [0.29, 0.717) is 18.8 Å². The molecule has 0 bridgehead atoms. The van der Waals surface area contributed by atoms with E-state index < -0.39 is 23.9 Å². The Morgan fingerprint density at radius 1 is 0.917 bits per heavy atom. The topological polar surface area (TPSA) is 169 Å².